The Morgan fingerprint density at radius 3 is 2.15 bits per heavy atom. The van der Waals surface area contributed by atoms with E-state index >= 15 is 0 Å². The summed E-state index contributed by atoms with van der Waals surface area (Å²) in [6.07, 6.45) is 1.04. The first kappa shape index (κ1) is 14.3. The third-order valence-electron chi connectivity index (χ3n) is 2.74. The van der Waals surface area contributed by atoms with E-state index in [1.165, 1.54) is 36.4 Å². The summed E-state index contributed by atoms with van der Waals surface area (Å²) in [5, 5.41) is 0. The highest BCUT2D eigenvalue weighted by atomic mass is 32.2. The van der Waals surface area contributed by atoms with Gasteiger partial charge in [0.2, 0.25) is 0 Å². The Bertz CT molecular complexity index is 766. The van der Waals surface area contributed by atoms with Crippen LogP contribution in [0.1, 0.15) is 15.9 Å². The maximum Gasteiger partial charge on any atom is 0.196 e. The second-order valence-electron chi connectivity index (χ2n) is 4.23. The van der Waals surface area contributed by atoms with Crippen LogP contribution in [0.4, 0.5) is 8.78 Å². The van der Waals surface area contributed by atoms with E-state index in [4.69, 9.17) is 0 Å². The van der Waals surface area contributed by atoms with Crippen LogP contribution >= 0.6 is 0 Å². The number of rotatable bonds is 3. The second kappa shape index (κ2) is 5.13. The minimum Gasteiger partial charge on any atom is -0.288 e. The Balaban J connectivity index is 2.42. The van der Waals surface area contributed by atoms with Gasteiger partial charge in [-0.25, -0.2) is 17.2 Å². The van der Waals surface area contributed by atoms with Crippen molar-refractivity contribution in [2.24, 2.45) is 0 Å². The summed E-state index contributed by atoms with van der Waals surface area (Å²) < 4.78 is 49.2. The predicted octanol–water partition coefficient (Wildman–Crippen LogP) is 2.60. The highest BCUT2D eigenvalue weighted by Crippen LogP contribution is 2.17. The molecule has 0 radical (unpaired) electrons. The Morgan fingerprint density at radius 2 is 1.60 bits per heavy atom. The third kappa shape index (κ3) is 2.75. The topological polar surface area (TPSA) is 51.2 Å². The summed E-state index contributed by atoms with van der Waals surface area (Å²) in [4.78, 5) is 12.1. The van der Waals surface area contributed by atoms with Crippen molar-refractivity contribution in [2.45, 2.75) is 4.90 Å². The minimum atomic E-state index is -3.37. The first-order valence-corrected chi connectivity index (χ1v) is 7.48. The summed E-state index contributed by atoms with van der Waals surface area (Å²) in [6, 6.07) is 8.35. The van der Waals surface area contributed by atoms with Gasteiger partial charge in [0.15, 0.2) is 27.3 Å². The molecule has 0 aliphatic heterocycles. The van der Waals surface area contributed by atoms with E-state index in [0.29, 0.717) is 0 Å². The highest BCUT2D eigenvalue weighted by molar-refractivity contribution is 7.90. The van der Waals surface area contributed by atoms with E-state index in [1.807, 2.05) is 0 Å². The molecule has 0 aliphatic rings. The van der Waals surface area contributed by atoms with Crippen molar-refractivity contribution in [1.82, 2.24) is 0 Å². The number of ketones is 1. The molecule has 0 N–H and O–H groups in total. The van der Waals surface area contributed by atoms with Gasteiger partial charge < -0.3 is 0 Å². The van der Waals surface area contributed by atoms with Gasteiger partial charge in [0.25, 0.3) is 0 Å². The van der Waals surface area contributed by atoms with Crippen molar-refractivity contribution in [2.75, 3.05) is 6.26 Å². The first-order valence-electron chi connectivity index (χ1n) is 5.59. The number of carbonyl (C=O) groups excluding carboxylic acids is 1. The third-order valence-corrected chi connectivity index (χ3v) is 3.87. The average molecular weight is 296 g/mol. The van der Waals surface area contributed by atoms with Crippen molar-refractivity contribution in [3.8, 4) is 0 Å². The van der Waals surface area contributed by atoms with Crippen LogP contribution in [0.2, 0.25) is 0 Å². The van der Waals surface area contributed by atoms with Crippen LogP contribution in [0.5, 0.6) is 0 Å². The molecule has 0 fully saturated rings. The van der Waals surface area contributed by atoms with Crippen molar-refractivity contribution >= 4 is 15.6 Å². The molecule has 0 heterocycles. The fraction of sp³-hybridized carbons (Fsp3) is 0.0714. The lowest BCUT2D eigenvalue weighted by Crippen LogP contribution is -2.06. The number of halogens is 2. The Kier molecular flexibility index (Phi) is 3.67. The van der Waals surface area contributed by atoms with E-state index in [-0.39, 0.29) is 10.5 Å². The number of hydrogen-bond acceptors (Lipinski definition) is 3. The van der Waals surface area contributed by atoms with E-state index in [0.717, 1.165) is 12.3 Å². The quantitative estimate of drug-likeness (QED) is 0.818. The Labute approximate surface area is 114 Å². The van der Waals surface area contributed by atoms with Crippen molar-refractivity contribution < 1.29 is 22.0 Å². The van der Waals surface area contributed by atoms with Gasteiger partial charge in [0.05, 0.1) is 10.5 Å². The van der Waals surface area contributed by atoms with Crippen LogP contribution in [0.25, 0.3) is 0 Å². The van der Waals surface area contributed by atoms with Crippen LogP contribution in [0, 0.1) is 11.6 Å². The zero-order valence-corrected chi connectivity index (χ0v) is 11.2. The van der Waals surface area contributed by atoms with Crippen LogP contribution in [-0.2, 0) is 9.84 Å². The van der Waals surface area contributed by atoms with Gasteiger partial charge >= 0.3 is 0 Å². The molecule has 0 unspecified atom stereocenters. The highest BCUT2D eigenvalue weighted by Gasteiger charge is 2.17. The molecular formula is C14H10F2O3S. The van der Waals surface area contributed by atoms with E-state index in [1.54, 1.807) is 0 Å². The molecule has 0 atom stereocenters. The molecule has 20 heavy (non-hydrogen) atoms. The molecule has 3 nitrogen and oxygen atoms in total. The summed E-state index contributed by atoms with van der Waals surface area (Å²) in [7, 11) is -3.37. The smallest absolute Gasteiger partial charge is 0.196 e. The van der Waals surface area contributed by atoms with Gasteiger partial charge in [-0.3, -0.25) is 4.79 Å². The largest absolute Gasteiger partial charge is 0.288 e. The van der Waals surface area contributed by atoms with Crippen molar-refractivity contribution in [1.29, 1.82) is 0 Å². The number of benzene rings is 2. The van der Waals surface area contributed by atoms with Gasteiger partial charge in [-0.05, 0) is 36.4 Å². The van der Waals surface area contributed by atoms with E-state index in [2.05, 4.69) is 0 Å². The molecule has 0 bridgehead atoms. The van der Waals surface area contributed by atoms with Crippen LogP contribution in [0.15, 0.2) is 47.4 Å². The average Bonchev–Trinajstić information content (AvgIpc) is 2.40. The van der Waals surface area contributed by atoms with Gasteiger partial charge in [0, 0.05) is 11.8 Å². The summed E-state index contributed by atoms with van der Waals surface area (Å²) >= 11 is 0. The maximum atomic E-state index is 13.5. The molecular weight excluding hydrogens is 286 g/mol. The zero-order chi connectivity index (χ0) is 14.9. The van der Waals surface area contributed by atoms with Crippen LogP contribution in [0.3, 0.4) is 0 Å². The first-order chi connectivity index (χ1) is 9.30. The monoisotopic (exact) mass is 296 g/mol. The van der Waals surface area contributed by atoms with E-state index in [9.17, 15) is 22.0 Å². The number of carbonyl (C=O) groups is 1. The van der Waals surface area contributed by atoms with Crippen LogP contribution < -0.4 is 0 Å². The molecule has 0 spiro atoms. The molecule has 0 aliphatic carbocycles. The summed E-state index contributed by atoms with van der Waals surface area (Å²) in [5.74, 6) is -3.03. The Morgan fingerprint density at radius 1 is 1.00 bits per heavy atom. The van der Waals surface area contributed by atoms with Crippen LogP contribution in [-0.4, -0.2) is 20.5 Å². The summed E-state index contributed by atoms with van der Waals surface area (Å²) in [6.45, 7) is 0. The zero-order valence-electron chi connectivity index (χ0n) is 10.4. The summed E-state index contributed by atoms with van der Waals surface area (Å²) in [5.41, 5.74) is -0.306. The number of hydrogen-bond donors (Lipinski definition) is 0. The molecule has 6 heteroatoms. The molecule has 0 saturated carbocycles. The predicted molar refractivity (Wildman–Crippen MR) is 69.3 cm³/mol. The fourth-order valence-corrected chi connectivity index (χ4v) is 2.32. The second-order valence-corrected chi connectivity index (χ2v) is 6.24. The van der Waals surface area contributed by atoms with Crippen molar-refractivity contribution in [3.05, 3.63) is 65.2 Å². The van der Waals surface area contributed by atoms with E-state index < -0.39 is 32.8 Å². The SMILES string of the molecule is CS(=O)(=O)c1ccc(C(=O)c2cccc(F)c2F)cc1. The minimum absolute atomic E-state index is 0.0498. The lowest BCUT2D eigenvalue weighted by molar-refractivity contribution is 0.103. The number of sulfone groups is 1. The molecule has 0 amide bonds. The lowest BCUT2D eigenvalue weighted by Gasteiger charge is -2.04. The Hall–Kier alpha value is -2.08. The standard InChI is InChI=1S/C14H10F2O3S/c1-20(18,19)10-7-5-9(6-8-10)14(17)11-3-2-4-12(15)13(11)16/h2-8H,1H3. The molecule has 0 saturated heterocycles. The fourth-order valence-electron chi connectivity index (χ4n) is 1.69. The molecule has 0 aromatic heterocycles. The normalized spacial score (nSPS) is 11.3. The molecule has 2 rings (SSSR count). The molecule has 2 aromatic carbocycles. The van der Waals surface area contributed by atoms with Crippen molar-refractivity contribution in [3.63, 3.8) is 0 Å². The molecule has 104 valence electrons. The van der Waals surface area contributed by atoms with Gasteiger partial charge in [-0.2, -0.15) is 0 Å². The lowest BCUT2D eigenvalue weighted by atomic mass is 10.0. The van der Waals surface area contributed by atoms with Gasteiger partial charge in [-0.1, -0.05) is 6.07 Å². The molecule has 2 aromatic rings. The maximum absolute atomic E-state index is 13.5. The van der Waals surface area contributed by atoms with Gasteiger partial charge in [0.1, 0.15) is 0 Å². The van der Waals surface area contributed by atoms with Gasteiger partial charge in [-0.15, -0.1) is 0 Å².